The number of thiazole rings is 1. The van der Waals surface area contributed by atoms with Crippen LogP contribution in [0.3, 0.4) is 0 Å². The van der Waals surface area contributed by atoms with Crippen molar-refractivity contribution in [1.82, 2.24) is 9.97 Å². The Morgan fingerprint density at radius 3 is 2.93 bits per heavy atom. The molecule has 0 amide bonds. The van der Waals surface area contributed by atoms with Crippen LogP contribution < -0.4 is 0 Å². The molecular weight excluding hydrogens is 194 g/mol. The summed E-state index contributed by atoms with van der Waals surface area (Å²) in [4.78, 5) is 9.19. The highest BCUT2D eigenvalue weighted by atomic mass is 32.1. The van der Waals surface area contributed by atoms with Crippen LogP contribution in [-0.4, -0.2) is 9.97 Å². The van der Waals surface area contributed by atoms with Crippen LogP contribution in [0.25, 0.3) is 10.4 Å². The number of rotatable bonds is 1. The molecule has 0 aliphatic carbocycles. The van der Waals surface area contributed by atoms with Crippen molar-refractivity contribution in [3.05, 3.63) is 35.2 Å². The van der Waals surface area contributed by atoms with Gasteiger partial charge < -0.3 is 0 Å². The van der Waals surface area contributed by atoms with Gasteiger partial charge in [-0.05, 0) is 13.0 Å². The lowest BCUT2D eigenvalue weighted by Gasteiger charge is -1.95. The first-order chi connectivity index (χ1) is 6.81. The predicted molar refractivity (Wildman–Crippen MR) is 54.8 cm³/mol. The van der Waals surface area contributed by atoms with E-state index in [1.165, 1.54) is 11.3 Å². The Bertz CT molecular complexity index is 482. The van der Waals surface area contributed by atoms with Crippen molar-refractivity contribution >= 4 is 11.3 Å². The van der Waals surface area contributed by atoms with Crippen LogP contribution in [0.1, 0.15) is 10.7 Å². The minimum absolute atomic E-state index is 0.501. The van der Waals surface area contributed by atoms with Gasteiger partial charge in [-0.2, -0.15) is 5.26 Å². The Hall–Kier alpha value is -1.73. The molecule has 0 aromatic carbocycles. The summed E-state index contributed by atoms with van der Waals surface area (Å²) in [5, 5.41) is 9.21. The highest BCUT2D eigenvalue weighted by molar-refractivity contribution is 7.15. The molecule has 0 unspecified atom stereocenters. The molecule has 0 saturated carbocycles. The van der Waals surface area contributed by atoms with E-state index < -0.39 is 0 Å². The number of hydrogen-bond donors (Lipinski definition) is 0. The summed E-state index contributed by atoms with van der Waals surface area (Å²) in [6, 6.07) is 5.89. The van der Waals surface area contributed by atoms with Crippen LogP contribution in [0.15, 0.2) is 24.5 Å². The Morgan fingerprint density at radius 1 is 1.50 bits per heavy atom. The lowest BCUT2D eigenvalue weighted by Crippen LogP contribution is -1.78. The van der Waals surface area contributed by atoms with Gasteiger partial charge in [0.05, 0.1) is 10.6 Å². The summed E-state index contributed by atoms with van der Waals surface area (Å²) in [6.45, 7) is 1.90. The molecule has 0 spiro atoms. The summed E-state index contributed by atoms with van der Waals surface area (Å²) in [6.07, 6.45) is 3.51. The quantitative estimate of drug-likeness (QED) is 0.711. The number of pyridine rings is 1. The first-order valence-corrected chi connectivity index (χ1v) is 4.91. The Kier molecular flexibility index (Phi) is 2.25. The molecule has 0 atom stereocenters. The zero-order valence-electron chi connectivity index (χ0n) is 7.56. The normalized spacial score (nSPS) is 9.71. The standard InChI is InChI=1S/C10H7N3S/c1-7-10(14-9(5-11)13-7)8-3-2-4-12-6-8/h2-4,6H,1H3. The van der Waals surface area contributed by atoms with E-state index in [1.54, 1.807) is 12.4 Å². The SMILES string of the molecule is Cc1nc(C#N)sc1-c1cccnc1. The third kappa shape index (κ3) is 1.50. The Labute approximate surface area is 85.7 Å². The fourth-order valence-electron chi connectivity index (χ4n) is 1.21. The van der Waals surface area contributed by atoms with Gasteiger partial charge in [0.25, 0.3) is 0 Å². The van der Waals surface area contributed by atoms with E-state index >= 15 is 0 Å². The largest absolute Gasteiger partial charge is 0.264 e. The Morgan fingerprint density at radius 2 is 2.36 bits per heavy atom. The molecule has 2 aromatic rings. The van der Waals surface area contributed by atoms with Gasteiger partial charge in [0.2, 0.25) is 0 Å². The molecular formula is C10H7N3S. The van der Waals surface area contributed by atoms with Gasteiger partial charge in [-0.15, -0.1) is 11.3 Å². The fraction of sp³-hybridized carbons (Fsp3) is 0.100. The van der Waals surface area contributed by atoms with Crippen LogP contribution in [-0.2, 0) is 0 Å². The molecule has 14 heavy (non-hydrogen) atoms. The van der Waals surface area contributed by atoms with Crippen molar-refractivity contribution < 1.29 is 0 Å². The van der Waals surface area contributed by atoms with E-state index in [9.17, 15) is 0 Å². The van der Waals surface area contributed by atoms with Gasteiger partial charge >= 0.3 is 0 Å². The maximum absolute atomic E-state index is 8.70. The summed E-state index contributed by atoms with van der Waals surface area (Å²) in [7, 11) is 0. The zero-order chi connectivity index (χ0) is 9.97. The molecule has 0 N–H and O–H groups in total. The van der Waals surface area contributed by atoms with Crippen molar-refractivity contribution in [2.24, 2.45) is 0 Å². The second-order valence-electron chi connectivity index (χ2n) is 2.79. The summed E-state index contributed by atoms with van der Waals surface area (Å²) < 4.78 is 0. The van der Waals surface area contributed by atoms with Crippen LogP contribution in [0.5, 0.6) is 0 Å². The number of nitriles is 1. The lowest BCUT2D eigenvalue weighted by atomic mass is 10.2. The smallest absolute Gasteiger partial charge is 0.195 e. The number of hydrogen-bond acceptors (Lipinski definition) is 4. The third-order valence-corrected chi connectivity index (χ3v) is 2.93. The van der Waals surface area contributed by atoms with Gasteiger partial charge in [0.15, 0.2) is 5.01 Å². The molecule has 0 radical (unpaired) electrons. The fourth-order valence-corrected chi connectivity index (χ4v) is 2.06. The van der Waals surface area contributed by atoms with Crippen LogP contribution in [0.4, 0.5) is 0 Å². The molecule has 0 aliphatic rings. The van der Waals surface area contributed by atoms with Gasteiger partial charge in [-0.3, -0.25) is 4.98 Å². The highest BCUT2D eigenvalue weighted by Crippen LogP contribution is 2.28. The Balaban J connectivity index is 2.53. The second kappa shape index (κ2) is 3.56. The molecule has 2 heterocycles. The van der Waals surface area contributed by atoms with Crippen LogP contribution >= 0.6 is 11.3 Å². The van der Waals surface area contributed by atoms with Crippen LogP contribution in [0.2, 0.25) is 0 Å². The average molecular weight is 201 g/mol. The third-order valence-electron chi connectivity index (χ3n) is 1.82. The highest BCUT2D eigenvalue weighted by Gasteiger charge is 2.08. The number of aryl methyl sites for hydroxylation is 1. The molecule has 3 nitrogen and oxygen atoms in total. The molecule has 2 rings (SSSR count). The molecule has 0 aliphatic heterocycles. The predicted octanol–water partition coefficient (Wildman–Crippen LogP) is 2.39. The van der Waals surface area contributed by atoms with Crippen LogP contribution in [0, 0.1) is 18.3 Å². The molecule has 0 saturated heterocycles. The van der Waals surface area contributed by atoms with Crippen molar-refractivity contribution in [1.29, 1.82) is 5.26 Å². The molecule has 4 heteroatoms. The van der Waals surface area contributed by atoms with E-state index in [-0.39, 0.29) is 0 Å². The summed E-state index contributed by atoms with van der Waals surface area (Å²) in [5.74, 6) is 0. The molecule has 2 aromatic heterocycles. The van der Waals surface area contributed by atoms with E-state index in [0.717, 1.165) is 16.1 Å². The lowest BCUT2D eigenvalue weighted by molar-refractivity contribution is 1.23. The van der Waals surface area contributed by atoms with Gasteiger partial charge in [0, 0.05) is 18.0 Å². The van der Waals surface area contributed by atoms with E-state index in [0.29, 0.717) is 5.01 Å². The number of aromatic nitrogens is 2. The second-order valence-corrected chi connectivity index (χ2v) is 3.79. The topological polar surface area (TPSA) is 49.6 Å². The first-order valence-electron chi connectivity index (χ1n) is 4.09. The summed E-state index contributed by atoms with van der Waals surface area (Å²) in [5.41, 5.74) is 1.91. The minimum atomic E-state index is 0.501. The monoisotopic (exact) mass is 201 g/mol. The maximum Gasteiger partial charge on any atom is 0.195 e. The van der Waals surface area contributed by atoms with Crippen molar-refractivity contribution in [3.8, 4) is 16.5 Å². The number of nitrogens with zero attached hydrogens (tertiary/aromatic N) is 3. The molecule has 0 bridgehead atoms. The van der Waals surface area contributed by atoms with Crippen molar-refractivity contribution in [3.63, 3.8) is 0 Å². The van der Waals surface area contributed by atoms with E-state index in [1.807, 2.05) is 25.1 Å². The summed E-state index contributed by atoms with van der Waals surface area (Å²) >= 11 is 1.40. The maximum atomic E-state index is 8.70. The van der Waals surface area contributed by atoms with E-state index in [2.05, 4.69) is 9.97 Å². The van der Waals surface area contributed by atoms with Gasteiger partial charge in [0.1, 0.15) is 6.07 Å². The van der Waals surface area contributed by atoms with Crippen molar-refractivity contribution in [2.75, 3.05) is 0 Å². The molecule has 68 valence electrons. The van der Waals surface area contributed by atoms with E-state index in [4.69, 9.17) is 5.26 Å². The average Bonchev–Trinajstić information content (AvgIpc) is 2.61. The first kappa shape index (κ1) is 8.85. The van der Waals surface area contributed by atoms with Gasteiger partial charge in [-0.1, -0.05) is 6.07 Å². The zero-order valence-corrected chi connectivity index (χ0v) is 8.38. The van der Waals surface area contributed by atoms with Crippen molar-refractivity contribution in [2.45, 2.75) is 6.92 Å². The minimum Gasteiger partial charge on any atom is -0.264 e. The van der Waals surface area contributed by atoms with Gasteiger partial charge in [-0.25, -0.2) is 4.98 Å². The molecule has 0 fully saturated rings.